The molecule has 0 bridgehead atoms. The summed E-state index contributed by atoms with van der Waals surface area (Å²) in [6, 6.07) is 6.41. The number of hydrogen-bond donors (Lipinski definition) is 0. The van der Waals surface area contributed by atoms with Crippen LogP contribution in [0, 0.1) is 5.82 Å². The second kappa shape index (κ2) is 3.59. The molecule has 4 heteroatoms. The molecule has 1 aliphatic carbocycles. The van der Waals surface area contributed by atoms with Crippen molar-refractivity contribution in [3.63, 3.8) is 0 Å². The highest BCUT2D eigenvalue weighted by Crippen LogP contribution is 2.46. The normalized spacial score (nSPS) is 25.2. The van der Waals surface area contributed by atoms with Crippen LogP contribution in [0.1, 0.15) is 24.8 Å². The van der Waals surface area contributed by atoms with Crippen molar-refractivity contribution in [3.05, 3.63) is 35.6 Å². The first-order valence-electron chi connectivity index (χ1n) is 5.02. The van der Waals surface area contributed by atoms with Crippen LogP contribution in [-0.4, -0.2) is 19.4 Å². The van der Waals surface area contributed by atoms with Crippen LogP contribution >= 0.6 is 0 Å². The predicted molar refractivity (Wildman–Crippen MR) is 57.0 cm³/mol. The predicted octanol–water partition coefficient (Wildman–Crippen LogP) is 2.12. The minimum absolute atomic E-state index is 0.129. The Hall–Kier alpha value is -0.900. The largest absolute Gasteiger partial charge is 0.229 e. The number of rotatable bonds is 3. The van der Waals surface area contributed by atoms with Crippen LogP contribution in [0.25, 0.3) is 0 Å². The molecular weight excluding hydrogens is 215 g/mol. The first kappa shape index (κ1) is 10.6. The molecule has 0 saturated heterocycles. The summed E-state index contributed by atoms with van der Waals surface area (Å²) < 4.78 is 36.4. The fourth-order valence-corrected chi connectivity index (χ4v) is 3.46. The van der Waals surface area contributed by atoms with Crippen molar-refractivity contribution < 1.29 is 12.8 Å². The van der Waals surface area contributed by atoms with E-state index in [1.165, 1.54) is 6.07 Å². The highest BCUT2D eigenvalue weighted by Gasteiger charge is 2.47. The average Bonchev–Trinajstić information content (AvgIpc) is 2.99. The lowest BCUT2D eigenvalue weighted by molar-refractivity contribution is 0.593. The standard InChI is InChI=1S/C11H13FO2S/c1-2-15(13,14)11-7-9(11)8-5-3-4-6-10(8)12/h3-6,9,11H,2,7H2,1H3/t9-,11-/m1/s1. The Kier molecular flexibility index (Phi) is 2.54. The smallest absolute Gasteiger partial charge is 0.153 e. The molecule has 1 aromatic carbocycles. The van der Waals surface area contributed by atoms with E-state index in [4.69, 9.17) is 0 Å². The summed E-state index contributed by atoms with van der Waals surface area (Å²) in [5.74, 6) is -0.282. The summed E-state index contributed by atoms with van der Waals surface area (Å²) in [5, 5.41) is -0.362. The third-order valence-corrected chi connectivity index (χ3v) is 5.15. The third-order valence-electron chi connectivity index (χ3n) is 2.90. The molecule has 1 aliphatic rings. The minimum Gasteiger partial charge on any atom is -0.229 e. The first-order chi connectivity index (χ1) is 7.06. The second-order valence-corrected chi connectivity index (χ2v) is 6.36. The molecule has 0 spiro atoms. The van der Waals surface area contributed by atoms with E-state index in [1.54, 1.807) is 25.1 Å². The molecule has 0 unspecified atom stereocenters. The van der Waals surface area contributed by atoms with Gasteiger partial charge in [-0.25, -0.2) is 12.8 Å². The number of sulfone groups is 1. The minimum atomic E-state index is -3.01. The molecule has 1 fully saturated rings. The Labute approximate surface area is 89.0 Å². The quantitative estimate of drug-likeness (QED) is 0.794. The molecule has 0 heterocycles. The SMILES string of the molecule is CCS(=O)(=O)[C@@H]1C[C@@H]1c1ccccc1F. The molecule has 2 rings (SSSR count). The van der Waals surface area contributed by atoms with Crippen molar-refractivity contribution in [2.75, 3.05) is 5.75 Å². The molecule has 0 radical (unpaired) electrons. The van der Waals surface area contributed by atoms with Crippen molar-refractivity contribution in [2.24, 2.45) is 0 Å². The van der Waals surface area contributed by atoms with Gasteiger partial charge in [0.1, 0.15) is 5.82 Å². The van der Waals surface area contributed by atoms with Gasteiger partial charge in [0.15, 0.2) is 9.84 Å². The summed E-state index contributed by atoms with van der Waals surface area (Å²) in [5.41, 5.74) is 0.541. The van der Waals surface area contributed by atoms with E-state index in [-0.39, 0.29) is 22.7 Å². The monoisotopic (exact) mass is 228 g/mol. The molecule has 0 amide bonds. The lowest BCUT2D eigenvalue weighted by Gasteiger charge is -2.02. The van der Waals surface area contributed by atoms with E-state index in [0.717, 1.165) is 0 Å². The van der Waals surface area contributed by atoms with Crippen molar-refractivity contribution in [2.45, 2.75) is 24.5 Å². The van der Waals surface area contributed by atoms with Gasteiger partial charge >= 0.3 is 0 Å². The van der Waals surface area contributed by atoms with Gasteiger partial charge in [-0.3, -0.25) is 0 Å². The van der Waals surface area contributed by atoms with Gasteiger partial charge in [-0.15, -0.1) is 0 Å². The molecular formula is C11H13FO2S. The maximum Gasteiger partial charge on any atom is 0.153 e. The van der Waals surface area contributed by atoms with Gasteiger partial charge in [-0.05, 0) is 18.1 Å². The maximum atomic E-state index is 13.4. The number of halogens is 1. The first-order valence-corrected chi connectivity index (χ1v) is 6.74. The molecule has 0 N–H and O–H groups in total. The van der Waals surface area contributed by atoms with Gasteiger partial charge in [0.05, 0.1) is 5.25 Å². The summed E-state index contributed by atoms with van der Waals surface area (Å²) in [6.07, 6.45) is 0.567. The molecule has 1 saturated carbocycles. The molecule has 2 nitrogen and oxygen atoms in total. The maximum absolute atomic E-state index is 13.4. The van der Waals surface area contributed by atoms with Gasteiger partial charge in [0.2, 0.25) is 0 Å². The van der Waals surface area contributed by atoms with Gasteiger partial charge in [0.25, 0.3) is 0 Å². The Morgan fingerprint density at radius 1 is 1.40 bits per heavy atom. The lowest BCUT2D eigenvalue weighted by atomic mass is 10.1. The zero-order valence-electron chi connectivity index (χ0n) is 8.48. The Bertz CT molecular complexity index is 467. The van der Waals surface area contributed by atoms with Crippen LogP contribution in [0.3, 0.4) is 0 Å². The third kappa shape index (κ3) is 1.91. The van der Waals surface area contributed by atoms with Crippen molar-refractivity contribution in [1.29, 1.82) is 0 Å². The molecule has 82 valence electrons. The number of hydrogen-bond acceptors (Lipinski definition) is 2. The summed E-state index contributed by atoms with van der Waals surface area (Å²) in [7, 11) is -3.01. The van der Waals surface area contributed by atoms with Crippen LogP contribution < -0.4 is 0 Å². The Balaban J connectivity index is 2.22. The topological polar surface area (TPSA) is 34.1 Å². The van der Waals surface area contributed by atoms with E-state index in [9.17, 15) is 12.8 Å². The summed E-state index contributed by atoms with van der Waals surface area (Å²) >= 11 is 0. The summed E-state index contributed by atoms with van der Waals surface area (Å²) in [4.78, 5) is 0. The van der Waals surface area contributed by atoms with Gasteiger partial charge in [0, 0.05) is 11.7 Å². The average molecular weight is 228 g/mol. The molecule has 0 aliphatic heterocycles. The van der Waals surface area contributed by atoms with E-state index in [1.807, 2.05) is 0 Å². The van der Waals surface area contributed by atoms with Crippen molar-refractivity contribution >= 4 is 9.84 Å². The van der Waals surface area contributed by atoms with Gasteiger partial charge in [-0.2, -0.15) is 0 Å². The number of benzene rings is 1. The van der Waals surface area contributed by atoms with Gasteiger partial charge in [-0.1, -0.05) is 25.1 Å². The van der Waals surface area contributed by atoms with E-state index < -0.39 is 9.84 Å². The van der Waals surface area contributed by atoms with E-state index >= 15 is 0 Å². The van der Waals surface area contributed by atoms with E-state index in [2.05, 4.69) is 0 Å². The van der Waals surface area contributed by atoms with Crippen LogP contribution in [-0.2, 0) is 9.84 Å². The highest BCUT2D eigenvalue weighted by molar-refractivity contribution is 7.92. The van der Waals surface area contributed by atoms with E-state index in [0.29, 0.717) is 12.0 Å². The zero-order chi connectivity index (χ0) is 11.1. The van der Waals surface area contributed by atoms with Crippen LogP contribution in [0.15, 0.2) is 24.3 Å². The van der Waals surface area contributed by atoms with Gasteiger partial charge < -0.3 is 0 Å². The Morgan fingerprint density at radius 2 is 2.07 bits per heavy atom. The van der Waals surface area contributed by atoms with Crippen LogP contribution in [0.2, 0.25) is 0 Å². The van der Waals surface area contributed by atoms with Crippen molar-refractivity contribution in [3.8, 4) is 0 Å². The summed E-state index contributed by atoms with van der Waals surface area (Å²) in [6.45, 7) is 1.63. The van der Waals surface area contributed by atoms with Crippen molar-refractivity contribution in [1.82, 2.24) is 0 Å². The lowest BCUT2D eigenvalue weighted by Crippen LogP contribution is -2.11. The fraction of sp³-hybridized carbons (Fsp3) is 0.455. The second-order valence-electron chi connectivity index (χ2n) is 3.85. The highest BCUT2D eigenvalue weighted by atomic mass is 32.2. The van der Waals surface area contributed by atoms with Crippen LogP contribution in [0.5, 0.6) is 0 Å². The molecule has 15 heavy (non-hydrogen) atoms. The molecule has 0 aromatic heterocycles. The van der Waals surface area contributed by atoms with Crippen LogP contribution in [0.4, 0.5) is 4.39 Å². The fourth-order valence-electron chi connectivity index (χ4n) is 1.89. The molecule has 1 aromatic rings. The zero-order valence-corrected chi connectivity index (χ0v) is 9.30. The Morgan fingerprint density at radius 3 is 2.67 bits per heavy atom. The molecule has 2 atom stereocenters.